The molecule has 40 heavy (non-hydrogen) atoms. The molecule has 0 aliphatic carbocycles. The zero-order valence-electron chi connectivity index (χ0n) is 21.0. The molecule has 0 unspecified atom stereocenters. The first-order valence-electron chi connectivity index (χ1n) is 12.0. The summed E-state index contributed by atoms with van der Waals surface area (Å²) < 4.78 is 37.6. The summed E-state index contributed by atoms with van der Waals surface area (Å²) in [4.78, 5) is 25.9. The van der Waals surface area contributed by atoms with Crippen LogP contribution in [0.5, 0.6) is 0 Å². The molecule has 13 heteroatoms. The van der Waals surface area contributed by atoms with Gasteiger partial charge in [0.1, 0.15) is 6.61 Å². The lowest BCUT2D eigenvalue weighted by Crippen LogP contribution is -2.35. The number of hydrogen-bond acceptors (Lipinski definition) is 10. The van der Waals surface area contributed by atoms with Gasteiger partial charge in [0.2, 0.25) is 10.0 Å². The van der Waals surface area contributed by atoms with Crippen molar-refractivity contribution in [2.75, 3.05) is 31.6 Å². The van der Waals surface area contributed by atoms with Crippen molar-refractivity contribution < 1.29 is 37.5 Å². The number of esters is 1. The second-order valence-electron chi connectivity index (χ2n) is 8.43. The average Bonchev–Trinajstić information content (AvgIpc) is 3.40. The predicted molar refractivity (Wildman–Crippen MR) is 142 cm³/mol. The SMILES string of the molecule is N#Cc1ccc(NC(=O)c2noc3ccc(S(=O)(=O)N(CCO)CCO)cc23)c(C(=O)OCc2ccccc2)c1. The van der Waals surface area contributed by atoms with E-state index in [0.717, 1.165) is 9.87 Å². The van der Waals surface area contributed by atoms with E-state index in [9.17, 15) is 33.5 Å². The number of benzene rings is 3. The number of aliphatic hydroxyl groups excluding tert-OH is 2. The number of aliphatic hydroxyl groups is 2. The highest BCUT2D eigenvalue weighted by Gasteiger charge is 2.26. The van der Waals surface area contributed by atoms with Gasteiger partial charge in [-0.25, -0.2) is 13.2 Å². The number of carbonyl (C=O) groups is 2. The van der Waals surface area contributed by atoms with Crippen LogP contribution >= 0.6 is 0 Å². The average molecular weight is 565 g/mol. The van der Waals surface area contributed by atoms with Gasteiger partial charge in [-0.05, 0) is 42.0 Å². The van der Waals surface area contributed by atoms with Gasteiger partial charge in [-0.1, -0.05) is 35.5 Å². The zero-order chi connectivity index (χ0) is 28.7. The highest BCUT2D eigenvalue weighted by molar-refractivity contribution is 7.89. The lowest BCUT2D eigenvalue weighted by atomic mass is 10.1. The lowest BCUT2D eigenvalue weighted by molar-refractivity contribution is 0.0474. The van der Waals surface area contributed by atoms with Gasteiger partial charge in [0.05, 0.1) is 46.4 Å². The highest BCUT2D eigenvalue weighted by Crippen LogP contribution is 2.26. The Kier molecular flexibility index (Phi) is 8.87. The van der Waals surface area contributed by atoms with Crippen LogP contribution in [0.1, 0.15) is 32.0 Å². The van der Waals surface area contributed by atoms with Gasteiger partial charge >= 0.3 is 5.97 Å². The highest BCUT2D eigenvalue weighted by atomic mass is 32.2. The standard InChI is InChI=1S/C27H24N4O8S/c28-16-19-6-8-23(21(14-19)27(35)38-17-18-4-2-1-3-5-18)29-26(34)25-22-15-20(7-9-24(22)39-30-25)40(36,37)31(10-12-32)11-13-33/h1-9,14-15,32-33H,10-13,17H2,(H,29,34). The van der Waals surface area contributed by atoms with Crippen molar-refractivity contribution in [1.29, 1.82) is 5.26 Å². The molecule has 0 aliphatic heterocycles. The number of nitrogens with zero attached hydrogens (tertiary/aromatic N) is 3. The maximum absolute atomic E-state index is 13.2. The van der Waals surface area contributed by atoms with Gasteiger partial charge in [0, 0.05) is 13.1 Å². The topological polar surface area (TPSA) is 183 Å². The van der Waals surface area contributed by atoms with Crippen LogP contribution in [0.4, 0.5) is 5.69 Å². The van der Waals surface area contributed by atoms with Gasteiger partial charge < -0.3 is 24.8 Å². The number of ether oxygens (including phenoxy) is 1. The minimum Gasteiger partial charge on any atom is -0.457 e. The molecule has 0 atom stereocenters. The smallest absolute Gasteiger partial charge is 0.340 e. The Morgan fingerprint density at radius 2 is 1.75 bits per heavy atom. The Morgan fingerprint density at radius 3 is 2.42 bits per heavy atom. The molecule has 1 aromatic heterocycles. The van der Waals surface area contributed by atoms with E-state index in [1.807, 2.05) is 12.1 Å². The number of amides is 1. The van der Waals surface area contributed by atoms with E-state index in [2.05, 4.69) is 10.5 Å². The monoisotopic (exact) mass is 564 g/mol. The van der Waals surface area contributed by atoms with Crippen molar-refractivity contribution in [3.05, 3.63) is 89.1 Å². The van der Waals surface area contributed by atoms with Crippen LogP contribution in [0.15, 0.2) is 76.1 Å². The minimum absolute atomic E-state index is 0.0292. The van der Waals surface area contributed by atoms with Crippen LogP contribution in [0.25, 0.3) is 11.0 Å². The van der Waals surface area contributed by atoms with E-state index in [1.165, 1.54) is 36.4 Å². The normalized spacial score (nSPS) is 11.3. The summed E-state index contributed by atoms with van der Waals surface area (Å²) in [7, 11) is -4.13. The van der Waals surface area contributed by atoms with Gasteiger partial charge in [0.15, 0.2) is 11.3 Å². The second-order valence-corrected chi connectivity index (χ2v) is 10.4. The van der Waals surface area contributed by atoms with Gasteiger partial charge in [-0.3, -0.25) is 4.79 Å². The zero-order valence-corrected chi connectivity index (χ0v) is 21.8. The van der Waals surface area contributed by atoms with Crippen molar-refractivity contribution in [3.8, 4) is 6.07 Å². The molecule has 4 aromatic rings. The molecule has 12 nitrogen and oxygen atoms in total. The van der Waals surface area contributed by atoms with Crippen molar-refractivity contribution in [2.24, 2.45) is 0 Å². The molecule has 1 amide bonds. The number of carbonyl (C=O) groups excluding carboxylic acids is 2. The van der Waals surface area contributed by atoms with Crippen molar-refractivity contribution >= 4 is 38.6 Å². The number of hydrogen-bond donors (Lipinski definition) is 3. The molecular formula is C27H24N4O8S. The summed E-state index contributed by atoms with van der Waals surface area (Å²) in [5.74, 6) is -1.58. The Hall–Kier alpha value is -4.61. The molecular weight excluding hydrogens is 540 g/mol. The van der Waals surface area contributed by atoms with Gasteiger partial charge in [-0.2, -0.15) is 9.57 Å². The van der Waals surface area contributed by atoms with Crippen molar-refractivity contribution in [2.45, 2.75) is 11.5 Å². The van der Waals surface area contributed by atoms with E-state index in [1.54, 1.807) is 24.3 Å². The van der Waals surface area contributed by atoms with E-state index in [-0.39, 0.29) is 58.1 Å². The van der Waals surface area contributed by atoms with Crippen LogP contribution in [-0.4, -0.2) is 66.3 Å². The fourth-order valence-corrected chi connectivity index (χ4v) is 5.29. The van der Waals surface area contributed by atoms with E-state index >= 15 is 0 Å². The minimum atomic E-state index is -4.13. The third-order valence-corrected chi connectivity index (χ3v) is 7.72. The Bertz CT molecular complexity index is 1670. The number of nitriles is 1. The quantitative estimate of drug-likeness (QED) is 0.228. The second kappa shape index (κ2) is 12.5. The van der Waals surface area contributed by atoms with Crippen LogP contribution in [-0.2, 0) is 21.4 Å². The summed E-state index contributed by atoms with van der Waals surface area (Å²) in [6, 6.07) is 18.7. The molecule has 4 rings (SSSR count). The number of anilines is 1. The Morgan fingerprint density at radius 1 is 1.02 bits per heavy atom. The van der Waals surface area contributed by atoms with Crippen molar-refractivity contribution in [1.82, 2.24) is 9.46 Å². The molecule has 1 heterocycles. The summed E-state index contributed by atoms with van der Waals surface area (Å²) in [5.41, 5.74) is 0.760. The molecule has 0 saturated carbocycles. The summed E-state index contributed by atoms with van der Waals surface area (Å²) in [5, 5.41) is 34.2. The first kappa shape index (κ1) is 28.4. The van der Waals surface area contributed by atoms with Crippen LogP contribution < -0.4 is 5.32 Å². The van der Waals surface area contributed by atoms with E-state index in [0.29, 0.717) is 0 Å². The fourth-order valence-electron chi connectivity index (χ4n) is 3.84. The lowest BCUT2D eigenvalue weighted by Gasteiger charge is -2.20. The Labute approximate surface area is 229 Å². The van der Waals surface area contributed by atoms with Gasteiger partial charge in [-0.15, -0.1) is 0 Å². The molecule has 0 saturated heterocycles. The number of nitrogens with one attached hydrogen (secondary N) is 1. The number of aromatic nitrogens is 1. The molecule has 0 fully saturated rings. The molecule has 206 valence electrons. The van der Waals surface area contributed by atoms with Crippen LogP contribution in [0.3, 0.4) is 0 Å². The van der Waals surface area contributed by atoms with Crippen LogP contribution in [0, 0.1) is 11.3 Å². The molecule has 0 aliphatic rings. The first-order valence-corrected chi connectivity index (χ1v) is 13.4. The maximum Gasteiger partial charge on any atom is 0.340 e. The summed E-state index contributed by atoms with van der Waals surface area (Å²) in [6.07, 6.45) is 0. The third-order valence-electron chi connectivity index (χ3n) is 5.82. The summed E-state index contributed by atoms with van der Waals surface area (Å²) >= 11 is 0. The first-order chi connectivity index (χ1) is 19.3. The number of fused-ring (bicyclic) bond motifs is 1. The molecule has 3 aromatic carbocycles. The Balaban J connectivity index is 1.63. The summed E-state index contributed by atoms with van der Waals surface area (Å²) in [6.45, 7) is -1.41. The fraction of sp³-hybridized carbons (Fsp3) is 0.185. The van der Waals surface area contributed by atoms with E-state index in [4.69, 9.17) is 9.26 Å². The van der Waals surface area contributed by atoms with E-state index < -0.39 is 35.1 Å². The molecule has 3 N–H and O–H groups in total. The third kappa shape index (κ3) is 6.16. The molecule has 0 radical (unpaired) electrons. The van der Waals surface area contributed by atoms with Crippen molar-refractivity contribution in [3.63, 3.8) is 0 Å². The predicted octanol–water partition coefficient (Wildman–Crippen LogP) is 2.28. The number of sulfonamides is 1. The maximum atomic E-state index is 13.2. The molecule has 0 spiro atoms. The van der Waals surface area contributed by atoms with Gasteiger partial charge in [0.25, 0.3) is 5.91 Å². The number of rotatable bonds is 11. The van der Waals surface area contributed by atoms with Crippen LogP contribution in [0.2, 0.25) is 0 Å². The molecule has 0 bridgehead atoms. The largest absolute Gasteiger partial charge is 0.457 e.